The third kappa shape index (κ3) is 3.51. The summed E-state index contributed by atoms with van der Waals surface area (Å²) < 4.78 is 41.3. The highest BCUT2D eigenvalue weighted by Crippen LogP contribution is 2.50. The Labute approximate surface area is 160 Å². The third-order valence-electron chi connectivity index (χ3n) is 6.47. The van der Waals surface area contributed by atoms with Crippen molar-refractivity contribution in [3.63, 3.8) is 0 Å². The van der Waals surface area contributed by atoms with Crippen molar-refractivity contribution in [2.75, 3.05) is 18.4 Å². The molecule has 0 aromatic heterocycles. The van der Waals surface area contributed by atoms with Crippen molar-refractivity contribution in [2.24, 2.45) is 11.3 Å². The van der Waals surface area contributed by atoms with Crippen LogP contribution in [0.5, 0.6) is 0 Å². The summed E-state index contributed by atoms with van der Waals surface area (Å²) in [7, 11) is -3.31. The summed E-state index contributed by atoms with van der Waals surface area (Å²) in [4.78, 5) is 13.1. The molecule has 0 bridgehead atoms. The molecule has 2 aliphatic carbocycles. The van der Waals surface area contributed by atoms with E-state index in [9.17, 15) is 17.6 Å². The second-order valence-electron chi connectivity index (χ2n) is 8.48. The molecule has 1 aromatic rings. The number of carbonyl (C=O) groups excluding carboxylic acids is 1. The molecule has 1 saturated heterocycles. The standard InChI is InChI=1S/C20H27FN2O3S/c1-14-5-8-18(17(21)11-14)22-19(24)16-12-23(27(25,26)15-6-7-15)13-20(16)9-3-2-4-10-20/h5,8,11,15-16H,2-4,6-7,9-10,12-13H2,1H3,(H,22,24). The van der Waals surface area contributed by atoms with Gasteiger partial charge in [0.1, 0.15) is 5.82 Å². The molecule has 1 spiro atoms. The molecule has 3 fully saturated rings. The Morgan fingerprint density at radius 1 is 1.22 bits per heavy atom. The molecule has 1 N–H and O–H groups in total. The van der Waals surface area contributed by atoms with Crippen molar-refractivity contribution in [1.82, 2.24) is 4.31 Å². The summed E-state index contributed by atoms with van der Waals surface area (Å²) >= 11 is 0. The number of nitrogens with zero attached hydrogens (tertiary/aromatic N) is 1. The van der Waals surface area contributed by atoms with Crippen molar-refractivity contribution < 1.29 is 17.6 Å². The number of carbonyl (C=O) groups is 1. The van der Waals surface area contributed by atoms with Crippen LogP contribution in [-0.4, -0.2) is 37.0 Å². The van der Waals surface area contributed by atoms with Crippen LogP contribution in [0.15, 0.2) is 18.2 Å². The summed E-state index contributed by atoms with van der Waals surface area (Å²) in [5.41, 5.74) is 0.641. The molecular weight excluding hydrogens is 367 g/mol. The van der Waals surface area contributed by atoms with Gasteiger partial charge in [0.15, 0.2) is 0 Å². The number of nitrogens with one attached hydrogen (secondary N) is 1. The van der Waals surface area contributed by atoms with Crippen molar-refractivity contribution in [1.29, 1.82) is 0 Å². The topological polar surface area (TPSA) is 66.5 Å². The van der Waals surface area contributed by atoms with Gasteiger partial charge in [-0.1, -0.05) is 25.3 Å². The zero-order valence-electron chi connectivity index (χ0n) is 15.7. The molecule has 1 atom stereocenters. The highest BCUT2D eigenvalue weighted by Gasteiger charge is 2.55. The van der Waals surface area contributed by atoms with Crippen LogP contribution in [0, 0.1) is 24.1 Å². The lowest BCUT2D eigenvalue weighted by Gasteiger charge is -2.37. The first-order chi connectivity index (χ1) is 12.8. The maximum atomic E-state index is 14.2. The molecule has 1 unspecified atom stereocenters. The molecule has 148 valence electrons. The van der Waals surface area contributed by atoms with Gasteiger partial charge in [0.25, 0.3) is 0 Å². The number of amides is 1. The minimum atomic E-state index is -3.31. The molecule has 1 aliphatic heterocycles. The van der Waals surface area contributed by atoms with E-state index in [4.69, 9.17) is 0 Å². The second kappa shape index (κ2) is 6.85. The van der Waals surface area contributed by atoms with Gasteiger partial charge >= 0.3 is 0 Å². The van der Waals surface area contributed by atoms with Crippen molar-refractivity contribution in [3.05, 3.63) is 29.6 Å². The van der Waals surface area contributed by atoms with E-state index in [1.165, 1.54) is 6.07 Å². The second-order valence-corrected chi connectivity index (χ2v) is 10.7. The van der Waals surface area contributed by atoms with Crippen LogP contribution >= 0.6 is 0 Å². The molecule has 3 aliphatic rings. The smallest absolute Gasteiger partial charge is 0.229 e. The molecule has 27 heavy (non-hydrogen) atoms. The van der Waals surface area contributed by atoms with Crippen LogP contribution in [0.3, 0.4) is 0 Å². The molecular formula is C20H27FN2O3S. The van der Waals surface area contributed by atoms with Crippen molar-refractivity contribution in [3.8, 4) is 0 Å². The van der Waals surface area contributed by atoms with E-state index in [0.29, 0.717) is 6.54 Å². The van der Waals surface area contributed by atoms with Crippen molar-refractivity contribution in [2.45, 2.75) is 57.1 Å². The van der Waals surface area contributed by atoms with E-state index in [-0.39, 0.29) is 28.8 Å². The first kappa shape index (κ1) is 18.9. The first-order valence-corrected chi connectivity index (χ1v) is 11.4. The lowest BCUT2D eigenvalue weighted by Crippen LogP contribution is -2.39. The van der Waals surface area contributed by atoms with Gasteiger partial charge in [-0.15, -0.1) is 0 Å². The Hall–Kier alpha value is -1.47. The maximum absolute atomic E-state index is 14.2. The fraction of sp³-hybridized carbons (Fsp3) is 0.650. The van der Waals surface area contributed by atoms with Crippen LogP contribution in [0.2, 0.25) is 0 Å². The monoisotopic (exact) mass is 394 g/mol. The number of rotatable bonds is 4. The Bertz CT molecular complexity index is 845. The van der Waals surface area contributed by atoms with Gasteiger partial charge < -0.3 is 5.32 Å². The molecule has 1 heterocycles. The van der Waals surface area contributed by atoms with E-state index < -0.39 is 21.8 Å². The predicted octanol–water partition coefficient (Wildman–Crippen LogP) is 3.45. The Kier molecular flexibility index (Phi) is 4.79. The number of hydrogen-bond donors (Lipinski definition) is 1. The molecule has 7 heteroatoms. The molecule has 5 nitrogen and oxygen atoms in total. The predicted molar refractivity (Wildman–Crippen MR) is 102 cm³/mol. The zero-order chi connectivity index (χ0) is 19.2. The number of anilines is 1. The lowest BCUT2D eigenvalue weighted by molar-refractivity contribution is -0.123. The average molecular weight is 395 g/mol. The van der Waals surface area contributed by atoms with Gasteiger partial charge in [-0.05, 0) is 55.7 Å². The summed E-state index contributed by atoms with van der Waals surface area (Å²) in [6.07, 6.45) is 6.31. The Balaban J connectivity index is 1.59. The number of hydrogen-bond acceptors (Lipinski definition) is 3. The fourth-order valence-corrected chi connectivity index (χ4v) is 6.71. The number of halogens is 1. The summed E-state index contributed by atoms with van der Waals surface area (Å²) in [6, 6.07) is 4.72. The van der Waals surface area contributed by atoms with Gasteiger partial charge in [-0.3, -0.25) is 4.79 Å². The van der Waals surface area contributed by atoms with E-state index in [2.05, 4.69) is 5.32 Å². The van der Waals surface area contributed by atoms with Crippen LogP contribution in [-0.2, 0) is 14.8 Å². The van der Waals surface area contributed by atoms with E-state index in [1.807, 2.05) is 0 Å². The summed E-state index contributed by atoms with van der Waals surface area (Å²) in [5, 5.41) is 2.46. The minimum absolute atomic E-state index is 0.167. The van der Waals surface area contributed by atoms with E-state index in [1.54, 1.807) is 23.4 Å². The largest absolute Gasteiger partial charge is 0.323 e. The molecule has 2 saturated carbocycles. The zero-order valence-corrected chi connectivity index (χ0v) is 16.5. The highest BCUT2D eigenvalue weighted by atomic mass is 32.2. The third-order valence-corrected chi connectivity index (χ3v) is 8.78. The van der Waals surface area contributed by atoms with Gasteiger partial charge in [0.2, 0.25) is 15.9 Å². The van der Waals surface area contributed by atoms with Crippen LogP contribution < -0.4 is 5.32 Å². The first-order valence-electron chi connectivity index (χ1n) is 9.88. The quantitative estimate of drug-likeness (QED) is 0.851. The minimum Gasteiger partial charge on any atom is -0.323 e. The number of sulfonamides is 1. The van der Waals surface area contributed by atoms with Gasteiger partial charge in [0.05, 0.1) is 16.9 Å². The fourth-order valence-electron chi connectivity index (χ4n) is 4.76. The molecule has 4 rings (SSSR count). The SMILES string of the molecule is Cc1ccc(NC(=O)C2CN(S(=O)(=O)C3CC3)CC23CCCCC3)c(F)c1. The molecule has 1 amide bonds. The highest BCUT2D eigenvalue weighted by molar-refractivity contribution is 7.90. The van der Waals surface area contributed by atoms with E-state index in [0.717, 1.165) is 50.5 Å². The maximum Gasteiger partial charge on any atom is 0.229 e. The van der Waals surface area contributed by atoms with E-state index >= 15 is 0 Å². The molecule has 1 aromatic carbocycles. The van der Waals surface area contributed by atoms with Crippen LogP contribution in [0.25, 0.3) is 0 Å². The van der Waals surface area contributed by atoms with Gasteiger partial charge in [-0.25, -0.2) is 17.1 Å². The summed E-state index contributed by atoms with van der Waals surface area (Å²) in [5.74, 6) is -1.14. The van der Waals surface area contributed by atoms with Crippen molar-refractivity contribution >= 4 is 21.6 Å². The number of aryl methyl sites for hydroxylation is 1. The summed E-state index contributed by atoms with van der Waals surface area (Å²) in [6.45, 7) is 2.45. The van der Waals surface area contributed by atoms with Gasteiger partial charge in [-0.2, -0.15) is 0 Å². The van der Waals surface area contributed by atoms with Gasteiger partial charge in [0, 0.05) is 13.1 Å². The van der Waals surface area contributed by atoms with Crippen LogP contribution in [0.4, 0.5) is 10.1 Å². The normalized spacial score (nSPS) is 25.6. The lowest BCUT2D eigenvalue weighted by atomic mass is 9.67. The average Bonchev–Trinajstić information content (AvgIpc) is 3.42. The van der Waals surface area contributed by atoms with Crippen LogP contribution in [0.1, 0.15) is 50.5 Å². The Morgan fingerprint density at radius 2 is 1.93 bits per heavy atom. The Morgan fingerprint density at radius 3 is 2.56 bits per heavy atom. The number of benzene rings is 1. The molecule has 0 radical (unpaired) electrons.